The molecule has 1 saturated carbocycles. The van der Waals surface area contributed by atoms with Gasteiger partial charge in [0.05, 0.1) is 6.07 Å². The minimum Gasteiger partial charge on any atom is -0.356 e. The van der Waals surface area contributed by atoms with Gasteiger partial charge in [-0.3, -0.25) is 19.3 Å². The van der Waals surface area contributed by atoms with Crippen LogP contribution in [-0.4, -0.2) is 71.8 Å². The molecular formula is C21H31N5O3. The first-order valence-corrected chi connectivity index (χ1v) is 10.9. The van der Waals surface area contributed by atoms with Crippen molar-refractivity contribution in [3.63, 3.8) is 0 Å². The van der Waals surface area contributed by atoms with E-state index in [2.05, 4.69) is 21.6 Å². The topological polar surface area (TPSA) is 106 Å². The molecule has 4 rings (SSSR count). The average molecular weight is 402 g/mol. The van der Waals surface area contributed by atoms with Crippen LogP contribution in [0.2, 0.25) is 0 Å². The van der Waals surface area contributed by atoms with Gasteiger partial charge >= 0.3 is 0 Å². The molecule has 0 radical (unpaired) electrons. The van der Waals surface area contributed by atoms with Crippen LogP contribution in [0.25, 0.3) is 0 Å². The van der Waals surface area contributed by atoms with Crippen molar-refractivity contribution in [2.75, 3.05) is 26.7 Å². The largest absolute Gasteiger partial charge is 0.356 e. The number of amides is 3. The first kappa shape index (κ1) is 20.1. The van der Waals surface area contributed by atoms with Crippen LogP contribution in [0.1, 0.15) is 51.4 Å². The molecular weight excluding hydrogens is 370 g/mol. The summed E-state index contributed by atoms with van der Waals surface area (Å²) in [5, 5.41) is 15.2. The number of nitrogens with zero attached hydrogens (tertiary/aromatic N) is 3. The highest BCUT2D eigenvalue weighted by Crippen LogP contribution is 2.41. The molecule has 0 aromatic carbocycles. The lowest BCUT2D eigenvalue weighted by Crippen LogP contribution is -2.55. The van der Waals surface area contributed by atoms with Crippen LogP contribution in [0.3, 0.4) is 0 Å². The van der Waals surface area contributed by atoms with Crippen molar-refractivity contribution in [2.45, 2.75) is 69.0 Å². The number of rotatable bonds is 7. The average Bonchev–Trinajstić information content (AvgIpc) is 3.19. The number of hydrogen-bond donors (Lipinski definition) is 2. The van der Waals surface area contributed by atoms with Gasteiger partial charge in [0.25, 0.3) is 0 Å². The highest BCUT2D eigenvalue weighted by atomic mass is 16.2. The Kier molecular flexibility index (Phi) is 5.52. The second-order valence-corrected chi connectivity index (χ2v) is 9.20. The second-order valence-electron chi connectivity index (χ2n) is 9.20. The van der Waals surface area contributed by atoms with Crippen molar-refractivity contribution >= 4 is 17.7 Å². The molecule has 0 aromatic rings. The Morgan fingerprint density at radius 2 is 2.07 bits per heavy atom. The normalized spacial score (nSPS) is 31.7. The quantitative estimate of drug-likeness (QED) is 0.642. The Morgan fingerprint density at radius 1 is 1.28 bits per heavy atom. The molecule has 0 bridgehead atoms. The standard InChI is InChI=1S/C21H31N5O3/c1-25-9-2-6-21(25)7-10-26(20(21)29)17(11-14-3-4-14)19(28)24-16(13-22)12-15-5-8-23-18(15)27/h14-17H,2-12H2,1H3,(H,23,27)(H,24,28)/t15-,16-,17+,21?/m0/s1. The van der Waals surface area contributed by atoms with Gasteiger partial charge in [0.15, 0.2) is 0 Å². The number of nitrogens with one attached hydrogen (secondary N) is 2. The summed E-state index contributed by atoms with van der Waals surface area (Å²) in [5.74, 6) is 0.0352. The Morgan fingerprint density at radius 3 is 2.66 bits per heavy atom. The van der Waals surface area contributed by atoms with E-state index in [-0.39, 0.29) is 23.6 Å². The third-order valence-electron chi connectivity index (χ3n) is 7.33. The first-order valence-electron chi connectivity index (χ1n) is 10.9. The van der Waals surface area contributed by atoms with E-state index in [0.29, 0.717) is 38.3 Å². The van der Waals surface area contributed by atoms with Crippen molar-refractivity contribution in [2.24, 2.45) is 11.8 Å². The number of hydrogen-bond acceptors (Lipinski definition) is 5. The summed E-state index contributed by atoms with van der Waals surface area (Å²) in [7, 11) is 2.00. The van der Waals surface area contributed by atoms with Crippen LogP contribution in [0.5, 0.6) is 0 Å². The lowest BCUT2D eigenvalue weighted by atomic mass is 9.94. The van der Waals surface area contributed by atoms with E-state index in [1.807, 2.05) is 7.05 Å². The molecule has 3 amide bonds. The predicted molar refractivity (Wildman–Crippen MR) is 105 cm³/mol. The molecule has 158 valence electrons. The highest BCUT2D eigenvalue weighted by molar-refractivity contribution is 5.94. The molecule has 1 aliphatic carbocycles. The van der Waals surface area contributed by atoms with E-state index in [4.69, 9.17) is 0 Å². The number of carbonyl (C=O) groups is 3. The van der Waals surface area contributed by atoms with E-state index in [0.717, 1.165) is 38.6 Å². The molecule has 3 aliphatic heterocycles. The summed E-state index contributed by atoms with van der Waals surface area (Å²) in [4.78, 5) is 42.3. The number of nitriles is 1. The molecule has 8 heteroatoms. The minimum atomic E-state index is -0.709. The van der Waals surface area contributed by atoms with Gasteiger partial charge in [0.2, 0.25) is 17.7 Å². The smallest absolute Gasteiger partial charge is 0.243 e. The lowest BCUT2D eigenvalue weighted by Gasteiger charge is -2.33. The van der Waals surface area contributed by atoms with Gasteiger partial charge in [-0.1, -0.05) is 12.8 Å². The van der Waals surface area contributed by atoms with Crippen LogP contribution in [0.15, 0.2) is 0 Å². The van der Waals surface area contributed by atoms with E-state index >= 15 is 0 Å². The van der Waals surface area contributed by atoms with Crippen molar-refractivity contribution in [1.82, 2.24) is 20.4 Å². The van der Waals surface area contributed by atoms with Crippen LogP contribution >= 0.6 is 0 Å². The highest BCUT2D eigenvalue weighted by Gasteiger charge is 2.54. The Hall–Kier alpha value is -2.14. The maximum atomic E-state index is 13.4. The third kappa shape index (κ3) is 3.85. The van der Waals surface area contributed by atoms with Crippen LogP contribution < -0.4 is 10.6 Å². The zero-order valence-electron chi connectivity index (χ0n) is 17.2. The molecule has 8 nitrogen and oxygen atoms in total. The monoisotopic (exact) mass is 401 g/mol. The van der Waals surface area contributed by atoms with Gasteiger partial charge in [-0.05, 0) is 58.0 Å². The van der Waals surface area contributed by atoms with E-state index < -0.39 is 17.6 Å². The van der Waals surface area contributed by atoms with Crippen LogP contribution in [-0.2, 0) is 14.4 Å². The van der Waals surface area contributed by atoms with Crippen LogP contribution in [0.4, 0.5) is 0 Å². The van der Waals surface area contributed by atoms with Gasteiger partial charge < -0.3 is 15.5 Å². The van der Waals surface area contributed by atoms with Gasteiger partial charge in [0, 0.05) is 19.0 Å². The van der Waals surface area contributed by atoms with Crippen molar-refractivity contribution in [3.8, 4) is 6.07 Å². The zero-order chi connectivity index (χ0) is 20.6. The fraction of sp³-hybridized carbons (Fsp3) is 0.810. The second kappa shape index (κ2) is 7.94. The van der Waals surface area contributed by atoms with Crippen molar-refractivity contribution in [1.29, 1.82) is 5.26 Å². The maximum absolute atomic E-state index is 13.4. The molecule has 29 heavy (non-hydrogen) atoms. The van der Waals surface area contributed by atoms with E-state index in [1.165, 1.54) is 0 Å². The summed E-state index contributed by atoms with van der Waals surface area (Å²) in [6.07, 6.45) is 6.51. The Labute approximate surface area is 172 Å². The Bertz CT molecular complexity index is 730. The van der Waals surface area contributed by atoms with Gasteiger partial charge in [0.1, 0.15) is 17.6 Å². The molecule has 0 aromatic heterocycles. The molecule has 1 spiro atoms. The van der Waals surface area contributed by atoms with Crippen molar-refractivity contribution in [3.05, 3.63) is 0 Å². The molecule has 4 atom stereocenters. The van der Waals surface area contributed by atoms with E-state index in [9.17, 15) is 19.6 Å². The summed E-state index contributed by atoms with van der Waals surface area (Å²) in [5.41, 5.74) is -0.446. The summed E-state index contributed by atoms with van der Waals surface area (Å²) < 4.78 is 0. The van der Waals surface area contributed by atoms with Gasteiger partial charge in [-0.15, -0.1) is 0 Å². The fourth-order valence-electron chi connectivity index (χ4n) is 5.29. The molecule has 3 heterocycles. The summed E-state index contributed by atoms with van der Waals surface area (Å²) in [6.45, 7) is 2.13. The SMILES string of the molecule is CN1CCCC12CCN([C@H](CC1CC1)C(=O)N[C@H](C#N)C[C@@H]1CCNC1=O)C2=O. The summed E-state index contributed by atoms with van der Waals surface area (Å²) >= 11 is 0. The number of likely N-dealkylation sites (tertiary alicyclic amines) is 2. The minimum absolute atomic E-state index is 0.0463. The lowest BCUT2D eigenvalue weighted by molar-refractivity contribution is -0.143. The van der Waals surface area contributed by atoms with E-state index in [1.54, 1.807) is 4.90 Å². The molecule has 1 unspecified atom stereocenters. The third-order valence-corrected chi connectivity index (χ3v) is 7.33. The number of likely N-dealkylation sites (N-methyl/N-ethyl adjacent to an activating group) is 1. The Balaban J connectivity index is 1.45. The van der Waals surface area contributed by atoms with Gasteiger partial charge in [-0.25, -0.2) is 0 Å². The molecule has 2 N–H and O–H groups in total. The van der Waals surface area contributed by atoms with Gasteiger partial charge in [-0.2, -0.15) is 5.26 Å². The maximum Gasteiger partial charge on any atom is 0.243 e. The molecule has 3 saturated heterocycles. The fourth-order valence-corrected chi connectivity index (χ4v) is 5.29. The zero-order valence-corrected chi connectivity index (χ0v) is 17.2. The molecule has 4 fully saturated rings. The summed E-state index contributed by atoms with van der Waals surface area (Å²) in [6, 6.07) is 0.912. The molecule has 4 aliphatic rings. The predicted octanol–water partition coefficient (Wildman–Crippen LogP) is 0.386. The van der Waals surface area contributed by atoms with Crippen LogP contribution in [0, 0.1) is 23.2 Å². The first-order chi connectivity index (χ1) is 13.9. The van der Waals surface area contributed by atoms with Crippen molar-refractivity contribution < 1.29 is 14.4 Å². The number of carbonyl (C=O) groups excluding carboxylic acids is 3.